The molecule has 0 spiro atoms. The molecule has 0 saturated carbocycles. The molecule has 2 aliphatic rings. The van der Waals surface area contributed by atoms with Gasteiger partial charge in [0.15, 0.2) is 0 Å². The molecule has 0 radical (unpaired) electrons. The smallest absolute Gasteiger partial charge is 0.00745 e. The molecule has 0 fully saturated rings. The third-order valence-electron chi connectivity index (χ3n) is 2.04. The van der Waals surface area contributed by atoms with Gasteiger partial charge in [0.1, 0.15) is 0 Å². The number of hydrogen-bond donors (Lipinski definition) is 0. The molecule has 0 atom stereocenters. The molecule has 0 nitrogen and oxygen atoms in total. The zero-order valence-electron chi connectivity index (χ0n) is 5.07. The second kappa shape index (κ2) is 1.19. The topological polar surface area (TPSA) is 0 Å². The van der Waals surface area contributed by atoms with Gasteiger partial charge < -0.3 is 0 Å². The van der Waals surface area contributed by atoms with E-state index in [-0.39, 0.29) is 0 Å². The van der Waals surface area contributed by atoms with Crippen LogP contribution in [0.4, 0.5) is 0 Å². The van der Waals surface area contributed by atoms with Gasteiger partial charge >= 0.3 is 0 Å². The maximum Gasteiger partial charge on any atom is 0.0971 e. The molecular weight excluding hydrogens is 96.1 g/mol. The predicted molar refractivity (Wildman–Crippen MR) is 34.3 cm³/mol. The first-order chi connectivity index (χ1) is 3.88. The Hall–Kier alpha value is -0.650. The lowest BCUT2D eigenvalue weighted by atomic mass is 9.86. The molecule has 0 amide bonds. The summed E-state index contributed by atoms with van der Waals surface area (Å²) in [5.74, 6) is 1.49. The molecule has 0 aromatic heterocycles. The number of rotatable bonds is 0. The minimum Gasteiger partial charge on any atom is 0.00745 e. The highest BCUT2D eigenvalue weighted by Gasteiger charge is 2.32. The second-order valence-corrected chi connectivity index (χ2v) is 2.52. The van der Waals surface area contributed by atoms with Gasteiger partial charge in [-0.25, -0.2) is 0 Å². The minimum absolute atomic E-state index is 1.32. The van der Waals surface area contributed by atoms with Crippen LogP contribution in [0.15, 0.2) is 23.3 Å². The van der Waals surface area contributed by atoms with Gasteiger partial charge in [-0.05, 0) is 0 Å². The van der Waals surface area contributed by atoms with Crippen molar-refractivity contribution in [3.63, 3.8) is 0 Å². The van der Waals surface area contributed by atoms with E-state index >= 15 is 0 Å². The van der Waals surface area contributed by atoms with Gasteiger partial charge in [-0.3, -0.25) is 0 Å². The van der Waals surface area contributed by atoms with Crippen LogP contribution < -0.4 is 0 Å². The van der Waals surface area contributed by atoms with Crippen LogP contribution in [0.2, 0.25) is 0 Å². The molecule has 0 heterocycles. The first-order valence-electron chi connectivity index (χ1n) is 3.12. The van der Waals surface area contributed by atoms with Crippen LogP contribution in [-0.2, 0) is 0 Å². The largest absolute Gasteiger partial charge is 0.0971 e. The average Bonchev–Trinajstić information content (AvgIpc) is 1.80. The molecule has 2 aliphatic carbocycles. The van der Waals surface area contributed by atoms with Crippen molar-refractivity contribution < 1.29 is 0 Å². The Balaban J connectivity index is 2.38. The summed E-state index contributed by atoms with van der Waals surface area (Å²) in [6.07, 6.45) is 7.11. The van der Waals surface area contributed by atoms with Crippen LogP contribution in [0, 0.1) is 5.92 Å². The quantitative estimate of drug-likeness (QED) is 0.414. The number of allylic oxidation sites excluding steroid dienone is 4. The molecule has 0 saturated heterocycles. The van der Waals surface area contributed by atoms with Crippen molar-refractivity contribution in [2.75, 3.05) is 0 Å². The Labute approximate surface area is 49.9 Å². The fourth-order valence-corrected chi connectivity index (χ4v) is 1.35. The molecule has 0 aromatic rings. The van der Waals surface area contributed by atoms with E-state index in [1.54, 1.807) is 11.1 Å². The third-order valence-corrected chi connectivity index (χ3v) is 2.04. The molecular formula is C8H9+. The fourth-order valence-electron chi connectivity index (χ4n) is 1.35. The van der Waals surface area contributed by atoms with E-state index < -0.39 is 0 Å². The summed E-state index contributed by atoms with van der Waals surface area (Å²) in [6.45, 7) is 2.19. The normalized spacial score (nSPS) is 23.9. The van der Waals surface area contributed by atoms with Crippen LogP contribution in [0.25, 0.3) is 0 Å². The van der Waals surface area contributed by atoms with Crippen molar-refractivity contribution in [1.29, 1.82) is 0 Å². The third kappa shape index (κ3) is 0.336. The Morgan fingerprint density at radius 2 is 2.38 bits per heavy atom. The van der Waals surface area contributed by atoms with Crippen molar-refractivity contribution in [1.82, 2.24) is 0 Å². The maximum atomic E-state index is 2.24. The molecule has 0 unspecified atom stereocenters. The lowest BCUT2D eigenvalue weighted by Gasteiger charge is -2.09. The predicted octanol–water partition coefficient (Wildman–Crippen LogP) is 2.24. The lowest BCUT2D eigenvalue weighted by molar-refractivity contribution is 0.830. The minimum atomic E-state index is 1.32. The zero-order chi connectivity index (χ0) is 5.56. The Morgan fingerprint density at radius 3 is 2.62 bits per heavy atom. The van der Waals surface area contributed by atoms with E-state index in [0.29, 0.717) is 0 Å². The van der Waals surface area contributed by atoms with E-state index in [1.165, 1.54) is 18.8 Å². The molecule has 0 aromatic carbocycles. The van der Waals surface area contributed by atoms with Crippen LogP contribution >= 0.6 is 0 Å². The van der Waals surface area contributed by atoms with Crippen LogP contribution in [0.5, 0.6) is 0 Å². The molecule has 0 heteroatoms. The fraction of sp³-hybridized carbons (Fsp3) is 0.375. The van der Waals surface area contributed by atoms with Crippen molar-refractivity contribution in [3.8, 4) is 0 Å². The SMILES string of the molecule is C[C+]1C=CC2=C1CC2. The zero-order valence-corrected chi connectivity index (χ0v) is 5.07. The van der Waals surface area contributed by atoms with Gasteiger partial charge in [0.25, 0.3) is 0 Å². The van der Waals surface area contributed by atoms with Gasteiger partial charge in [0, 0.05) is 19.8 Å². The van der Waals surface area contributed by atoms with Gasteiger partial charge in [-0.15, -0.1) is 0 Å². The first kappa shape index (κ1) is 4.25. The van der Waals surface area contributed by atoms with E-state index in [4.69, 9.17) is 0 Å². The van der Waals surface area contributed by atoms with Crippen LogP contribution in [0.1, 0.15) is 19.8 Å². The molecule has 0 N–H and O–H groups in total. The Kier molecular flexibility index (Phi) is 0.633. The highest BCUT2D eigenvalue weighted by atomic mass is 14.3. The van der Waals surface area contributed by atoms with Crippen LogP contribution in [0.3, 0.4) is 0 Å². The summed E-state index contributed by atoms with van der Waals surface area (Å²) in [4.78, 5) is 0. The average molecular weight is 105 g/mol. The molecule has 0 aliphatic heterocycles. The summed E-state index contributed by atoms with van der Waals surface area (Å²) >= 11 is 0. The summed E-state index contributed by atoms with van der Waals surface area (Å²) in [5, 5.41) is 0. The summed E-state index contributed by atoms with van der Waals surface area (Å²) in [6, 6.07) is 0. The van der Waals surface area contributed by atoms with E-state index in [1.807, 2.05) is 0 Å². The van der Waals surface area contributed by atoms with E-state index in [2.05, 4.69) is 19.1 Å². The maximum absolute atomic E-state index is 2.24. The van der Waals surface area contributed by atoms with Gasteiger partial charge in [-0.1, -0.05) is 0 Å². The number of hydrogen-bond acceptors (Lipinski definition) is 0. The molecule has 2 rings (SSSR count). The van der Waals surface area contributed by atoms with Gasteiger partial charge in [-0.2, -0.15) is 0 Å². The summed E-state index contributed by atoms with van der Waals surface area (Å²) < 4.78 is 0. The monoisotopic (exact) mass is 105 g/mol. The van der Waals surface area contributed by atoms with Gasteiger partial charge in [0.2, 0.25) is 0 Å². The Bertz CT molecular complexity index is 172. The second-order valence-electron chi connectivity index (χ2n) is 2.52. The van der Waals surface area contributed by atoms with Gasteiger partial charge in [0.05, 0.1) is 29.2 Å². The Morgan fingerprint density at radius 1 is 1.50 bits per heavy atom. The molecule has 40 valence electrons. The molecule has 0 bridgehead atoms. The summed E-state index contributed by atoms with van der Waals surface area (Å²) in [5.41, 5.74) is 3.20. The summed E-state index contributed by atoms with van der Waals surface area (Å²) in [7, 11) is 0. The van der Waals surface area contributed by atoms with E-state index in [0.717, 1.165) is 0 Å². The van der Waals surface area contributed by atoms with E-state index in [9.17, 15) is 0 Å². The molecule has 8 heavy (non-hydrogen) atoms. The lowest BCUT2D eigenvalue weighted by Crippen LogP contribution is -2.01. The highest BCUT2D eigenvalue weighted by molar-refractivity contribution is 5.53. The van der Waals surface area contributed by atoms with Crippen molar-refractivity contribution in [2.24, 2.45) is 0 Å². The van der Waals surface area contributed by atoms with Crippen molar-refractivity contribution in [3.05, 3.63) is 29.2 Å². The standard InChI is InChI=1S/C8H9/c1-6-2-3-7-4-5-8(6)7/h2-3H,4-5H2,1H3/q+1. The van der Waals surface area contributed by atoms with Crippen molar-refractivity contribution in [2.45, 2.75) is 19.8 Å². The van der Waals surface area contributed by atoms with Crippen molar-refractivity contribution >= 4 is 0 Å². The van der Waals surface area contributed by atoms with Crippen LogP contribution in [-0.4, -0.2) is 0 Å². The first-order valence-corrected chi connectivity index (χ1v) is 3.12. The highest BCUT2D eigenvalue weighted by Crippen LogP contribution is 2.40.